The molecule has 2 heterocycles. The van der Waals surface area contributed by atoms with E-state index in [9.17, 15) is 19.1 Å². The largest absolute Gasteiger partial charge is 0.477 e. The van der Waals surface area contributed by atoms with Gasteiger partial charge in [-0.1, -0.05) is 6.92 Å². The third-order valence-electron chi connectivity index (χ3n) is 5.65. The highest BCUT2D eigenvalue weighted by molar-refractivity contribution is 5.94. The van der Waals surface area contributed by atoms with Gasteiger partial charge >= 0.3 is 5.97 Å². The van der Waals surface area contributed by atoms with Crippen molar-refractivity contribution < 1.29 is 18.7 Å². The number of hydrogen-bond donors (Lipinski definition) is 2. The van der Waals surface area contributed by atoms with Crippen molar-refractivity contribution in [3.05, 3.63) is 39.7 Å². The number of benzene rings is 1. The van der Waals surface area contributed by atoms with Gasteiger partial charge in [0.05, 0.1) is 10.9 Å². The van der Waals surface area contributed by atoms with Gasteiger partial charge in [-0.25, -0.2) is 13.6 Å². The third-order valence-corrected chi connectivity index (χ3v) is 5.65. The topological polar surface area (TPSA) is 74.6 Å². The lowest BCUT2D eigenvalue weighted by atomic mass is 10.1. The Morgan fingerprint density at radius 2 is 2.00 bits per heavy atom. The Morgan fingerprint density at radius 1 is 1.30 bits per heavy atom. The Balaban J connectivity index is 1.96. The molecule has 4 rings (SSSR count). The monoisotopic (exact) mass is 377 g/mol. The Bertz CT molecular complexity index is 1000. The number of nitrogens with one attached hydrogen (secondary N) is 1. The van der Waals surface area contributed by atoms with Crippen molar-refractivity contribution in [2.45, 2.75) is 31.8 Å². The summed E-state index contributed by atoms with van der Waals surface area (Å²) < 4.78 is 31.8. The third kappa shape index (κ3) is 2.79. The summed E-state index contributed by atoms with van der Waals surface area (Å²) >= 11 is 0. The van der Waals surface area contributed by atoms with Crippen LogP contribution in [0.3, 0.4) is 0 Å². The van der Waals surface area contributed by atoms with Gasteiger partial charge in [0.25, 0.3) is 0 Å². The molecule has 0 radical (unpaired) electrons. The van der Waals surface area contributed by atoms with E-state index in [0.29, 0.717) is 13.1 Å². The van der Waals surface area contributed by atoms with Crippen LogP contribution in [0.4, 0.5) is 14.5 Å². The number of pyridine rings is 1. The number of carboxylic acids is 1. The van der Waals surface area contributed by atoms with Crippen LogP contribution in [0, 0.1) is 17.6 Å². The average molecular weight is 377 g/mol. The zero-order valence-corrected chi connectivity index (χ0v) is 15.1. The second-order valence-corrected chi connectivity index (χ2v) is 7.51. The standard InChI is InChI=1S/C19H21F2N3O3/c1-9-6-23(8-14(9)22-2)17-13(20)5-11-16(15(17)21)24(10-3-4-10)7-12(18(11)25)19(26)27/h5,7,9-10,14,22H,3-4,6,8H2,1-2H3,(H,26,27). The molecule has 2 N–H and O–H groups in total. The number of aromatic carboxylic acids is 1. The maximum absolute atomic E-state index is 15.5. The van der Waals surface area contributed by atoms with Crippen molar-refractivity contribution in [3.8, 4) is 0 Å². The van der Waals surface area contributed by atoms with Crippen molar-refractivity contribution >= 4 is 22.6 Å². The van der Waals surface area contributed by atoms with Gasteiger partial charge in [0, 0.05) is 31.4 Å². The number of nitrogens with zero attached hydrogens (tertiary/aromatic N) is 2. The van der Waals surface area contributed by atoms with E-state index in [1.807, 2.05) is 14.0 Å². The molecule has 2 fully saturated rings. The van der Waals surface area contributed by atoms with E-state index in [-0.39, 0.29) is 34.6 Å². The van der Waals surface area contributed by atoms with Crippen LogP contribution in [0.5, 0.6) is 0 Å². The lowest BCUT2D eigenvalue weighted by Crippen LogP contribution is -2.32. The summed E-state index contributed by atoms with van der Waals surface area (Å²) in [6, 6.07) is 1.03. The molecule has 1 saturated heterocycles. The van der Waals surface area contributed by atoms with E-state index < -0.39 is 28.6 Å². The molecule has 8 heteroatoms. The molecule has 0 bridgehead atoms. The number of likely N-dealkylation sites (N-methyl/N-ethyl adjacent to an activating group) is 1. The molecule has 144 valence electrons. The highest BCUT2D eigenvalue weighted by Crippen LogP contribution is 2.40. The summed E-state index contributed by atoms with van der Waals surface area (Å²) in [5, 5.41) is 12.2. The molecule has 1 aliphatic heterocycles. The molecule has 1 aromatic carbocycles. The molecule has 2 aliphatic rings. The summed E-state index contributed by atoms with van der Waals surface area (Å²) in [4.78, 5) is 25.6. The zero-order valence-electron chi connectivity index (χ0n) is 15.1. The number of rotatable bonds is 4. The van der Waals surface area contributed by atoms with Gasteiger partial charge in [-0.05, 0) is 31.9 Å². The summed E-state index contributed by atoms with van der Waals surface area (Å²) in [5.74, 6) is -2.82. The SMILES string of the molecule is CNC1CN(c2c(F)cc3c(=O)c(C(=O)O)cn(C4CC4)c3c2F)CC1C. The normalized spacial score (nSPS) is 22.6. The molecule has 6 nitrogen and oxygen atoms in total. The molecule has 1 saturated carbocycles. The molecule has 2 aromatic rings. The van der Waals surface area contributed by atoms with Crippen LogP contribution in [0.15, 0.2) is 17.1 Å². The number of aromatic nitrogens is 1. The van der Waals surface area contributed by atoms with Gasteiger partial charge in [-0.15, -0.1) is 0 Å². The minimum atomic E-state index is -1.40. The van der Waals surface area contributed by atoms with E-state index in [1.165, 1.54) is 10.8 Å². The molecule has 27 heavy (non-hydrogen) atoms. The van der Waals surface area contributed by atoms with Crippen LogP contribution >= 0.6 is 0 Å². The lowest BCUT2D eigenvalue weighted by Gasteiger charge is -2.22. The molecule has 1 aromatic heterocycles. The van der Waals surface area contributed by atoms with Crippen LogP contribution in [-0.2, 0) is 0 Å². The maximum atomic E-state index is 15.5. The van der Waals surface area contributed by atoms with E-state index >= 15 is 4.39 Å². The van der Waals surface area contributed by atoms with Gasteiger partial charge in [0.1, 0.15) is 17.1 Å². The fourth-order valence-electron chi connectivity index (χ4n) is 4.04. The molecule has 0 spiro atoms. The summed E-state index contributed by atoms with van der Waals surface area (Å²) in [7, 11) is 1.82. The maximum Gasteiger partial charge on any atom is 0.341 e. The van der Waals surface area contributed by atoms with Gasteiger partial charge in [-0.2, -0.15) is 0 Å². The highest BCUT2D eigenvalue weighted by atomic mass is 19.1. The van der Waals surface area contributed by atoms with Crippen LogP contribution < -0.4 is 15.6 Å². The predicted molar refractivity (Wildman–Crippen MR) is 97.6 cm³/mol. The van der Waals surface area contributed by atoms with Crippen molar-refractivity contribution in [2.24, 2.45) is 5.92 Å². The van der Waals surface area contributed by atoms with Crippen molar-refractivity contribution in [1.29, 1.82) is 0 Å². The van der Waals surface area contributed by atoms with Crippen molar-refractivity contribution in [1.82, 2.24) is 9.88 Å². The van der Waals surface area contributed by atoms with Gasteiger partial charge in [0.15, 0.2) is 5.82 Å². The first-order chi connectivity index (χ1) is 12.8. The quantitative estimate of drug-likeness (QED) is 0.856. The Morgan fingerprint density at radius 3 is 2.56 bits per heavy atom. The highest BCUT2D eigenvalue weighted by Gasteiger charge is 2.34. The van der Waals surface area contributed by atoms with E-state index in [1.54, 1.807) is 4.90 Å². The number of anilines is 1. The molecule has 1 aliphatic carbocycles. The first-order valence-electron chi connectivity index (χ1n) is 9.05. The number of fused-ring (bicyclic) bond motifs is 1. The number of halogens is 2. The number of carbonyl (C=O) groups is 1. The molecule has 2 unspecified atom stereocenters. The smallest absolute Gasteiger partial charge is 0.341 e. The second kappa shape index (κ2) is 6.30. The molecule has 2 atom stereocenters. The molecular weight excluding hydrogens is 356 g/mol. The van der Waals surface area contributed by atoms with E-state index in [2.05, 4.69) is 5.32 Å². The summed E-state index contributed by atoms with van der Waals surface area (Å²) in [6.07, 6.45) is 2.73. The molecule has 0 amide bonds. The van der Waals surface area contributed by atoms with E-state index in [4.69, 9.17) is 0 Å². The Labute approximate surface area is 154 Å². The van der Waals surface area contributed by atoms with Crippen LogP contribution in [0.2, 0.25) is 0 Å². The zero-order chi connectivity index (χ0) is 19.5. The summed E-state index contributed by atoms with van der Waals surface area (Å²) in [6.45, 7) is 2.96. The summed E-state index contributed by atoms with van der Waals surface area (Å²) in [5.41, 5.74) is -1.49. The fraction of sp³-hybridized carbons (Fsp3) is 0.474. The van der Waals surface area contributed by atoms with Gasteiger partial charge < -0.3 is 19.9 Å². The fourth-order valence-corrected chi connectivity index (χ4v) is 4.04. The first-order valence-corrected chi connectivity index (χ1v) is 9.05. The van der Waals surface area contributed by atoms with Crippen LogP contribution in [0.25, 0.3) is 10.9 Å². The van der Waals surface area contributed by atoms with Crippen molar-refractivity contribution in [3.63, 3.8) is 0 Å². The lowest BCUT2D eigenvalue weighted by molar-refractivity contribution is 0.0695. The van der Waals surface area contributed by atoms with E-state index in [0.717, 1.165) is 18.9 Å². The van der Waals surface area contributed by atoms with Crippen LogP contribution in [0.1, 0.15) is 36.2 Å². The minimum Gasteiger partial charge on any atom is -0.477 e. The number of carboxylic acid groups (broad SMARTS) is 1. The Kier molecular flexibility index (Phi) is 4.18. The second-order valence-electron chi connectivity index (χ2n) is 7.51. The van der Waals surface area contributed by atoms with Crippen molar-refractivity contribution in [2.75, 3.05) is 25.0 Å². The van der Waals surface area contributed by atoms with Gasteiger partial charge in [0.2, 0.25) is 5.43 Å². The molecular formula is C19H21F2N3O3. The van der Waals surface area contributed by atoms with Crippen LogP contribution in [-0.4, -0.2) is 41.8 Å². The minimum absolute atomic E-state index is 0.00976. The van der Waals surface area contributed by atoms with Gasteiger partial charge in [-0.3, -0.25) is 4.79 Å². The predicted octanol–water partition coefficient (Wildman–Crippen LogP) is 2.36. The number of hydrogen-bond acceptors (Lipinski definition) is 4. The Hall–Kier alpha value is -2.48. The first kappa shape index (κ1) is 17.9. The average Bonchev–Trinajstić information content (AvgIpc) is 3.38.